The summed E-state index contributed by atoms with van der Waals surface area (Å²) in [7, 11) is 0. The summed E-state index contributed by atoms with van der Waals surface area (Å²) >= 11 is 0. The molecule has 0 amide bonds. The second-order valence-corrected chi connectivity index (χ2v) is 15.2. The third-order valence-electron chi connectivity index (χ3n) is 12.9. The fraction of sp³-hybridized carbons (Fsp3) is 0.900. The molecule has 0 aromatic rings. The maximum absolute atomic E-state index is 12.8. The molecule has 5 aliphatic rings. The minimum atomic E-state index is -0.624. The van der Waals surface area contributed by atoms with Crippen LogP contribution in [0.25, 0.3) is 0 Å². The Bertz CT molecular complexity index is 919. The number of aliphatic hydroxyl groups excluding tert-OH is 2. The molecular weight excluding hydrogens is 424 g/mol. The fourth-order valence-corrected chi connectivity index (χ4v) is 10.8. The highest BCUT2D eigenvalue weighted by Crippen LogP contribution is 2.75. The largest absolute Gasteiger partial charge is 0.481 e. The van der Waals surface area contributed by atoms with Gasteiger partial charge in [-0.1, -0.05) is 60.1 Å². The number of aliphatic hydroxyl groups is 2. The van der Waals surface area contributed by atoms with Gasteiger partial charge in [-0.05, 0) is 103 Å². The summed E-state index contributed by atoms with van der Waals surface area (Å²) in [6.45, 7) is 16.2. The Balaban J connectivity index is 1.63. The number of carbonyl (C=O) groups is 1. The van der Waals surface area contributed by atoms with E-state index in [2.05, 4.69) is 54.5 Å². The Labute approximate surface area is 206 Å². The van der Waals surface area contributed by atoms with E-state index in [1.165, 1.54) is 5.57 Å². The first-order valence-corrected chi connectivity index (χ1v) is 13.9. The van der Waals surface area contributed by atoms with E-state index >= 15 is 0 Å². The number of aliphatic carboxylic acids is 1. The molecular formula is C30H48O4. The second-order valence-electron chi connectivity index (χ2n) is 15.2. The first-order chi connectivity index (χ1) is 15.6. The van der Waals surface area contributed by atoms with Gasteiger partial charge in [0.2, 0.25) is 0 Å². The van der Waals surface area contributed by atoms with Gasteiger partial charge in [-0.15, -0.1) is 0 Å². The topological polar surface area (TPSA) is 77.8 Å². The average molecular weight is 473 g/mol. The quantitative estimate of drug-likeness (QED) is 0.397. The van der Waals surface area contributed by atoms with Crippen LogP contribution in [-0.4, -0.2) is 33.5 Å². The Morgan fingerprint density at radius 3 is 2.21 bits per heavy atom. The van der Waals surface area contributed by atoms with E-state index in [0.717, 1.165) is 57.8 Å². The third kappa shape index (κ3) is 2.88. The van der Waals surface area contributed by atoms with Gasteiger partial charge in [0.05, 0.1) is 17.6 Å². The monoisotopic (exact) mass is 472 g/mol. The predicted octanol–water partition coefficient (Wildman–Crippen LogP) is 6.20. The van der Waals surface area contributed by atoms with Gasteiger partial charge in [0.15, 0.2) is 0 Å². The van der Waals surface area contributed by atoms with E-state index in [-0.39, 0.29) is 45.0 Å². The van der Waals surface area contributed by atoms with Crippen LogP contribution in [0.1, 0.15) is 106 Å². The summed E-state index contributed by atoms with van der Waals surface area (Å²) in [5.41, 5.74) is 0.421. The molecule has 3 N–H and O–H groups in total. The molecule has 0 bridgehead atoms. The van der Waals surface area contributed by atoms with Gasteiger partial charge in [-0.2, -0.15) is 0 Å². The molecule has 0 aliphatic heterocycles. The summed E-state index contributed by atoms with van der Waals surface area (Å²) in [6, 6.07) is 0. The van der Waals surface area contributed by atoms with Gasteiger partial charge in [0, 0.05) is 0 Å². The van der Waals surface area contributed by atoms with Crippen LogP contribution in [0.4, 0.5) is 0 Å². The van der Waals surface area contributed by atoms with Gasteiger partial charge in [0.25, 0.3) is 0 Å². The lowest BCUT2D eigenvalue weighted by Crippen LogP contribution is -2.68. The standard InChI is InChI=1S/C30H48O4/c1-25(2)12-14-30(24(33)34)15-13-28(6)18(19(30)16-25)8-9-21-27(5)11-10-22(32)26(3,4)23(27)20(31)17-29(21,28)7/h8,19-23,31-32H,9-17H2,1-7H3,(H,33,34)/t19-,20-,21-,22+,23?,27-,28-,29-,30+/m1/s1. The maximum atomic E-state index is 12.8. The molecule has 4 nitrogen and oxygen atoms in total. The molecule has 0 aromatic heterocycles. The normalized spacial score (nSPS) is 53.4. The first kappa shape index (κ1) is 24.8. The molecule has 4 fully saturated rings. The Hall–Kier alpha value is -0.870. The van der Waals surface area contributed by atoms with Crippen molar-refractivity contribution >= 4 is 5.97 Å². The lowest BCUT2D eigenvalue weighted by atomic mass is 9.33. The number of allylic oxidation sites excluding steroid dienone is 2. The van der Waals surface area contributed by atoms with Crippen LogP contribution in [0.15, 0.2) is 11.6 Å². The van der Waals surface area contributed by atoms with Crippen molar-refractivity contribution in [2.24, 2.45) is 50.2 Å². The number of hydrogen-bond donors (Lipinski definition) is 3. The van der Waals surface area contributed by atoms with Crippen molar-refractivity contribution in [3.8, 4) is 0 Å². The molecule has 192 valence electrons. The highest BCUT2D eigenvalue weighted by molar-refractivity contribution is 5.76. The molecule has 5 aliphatic carbocycles. The fourth-order valence-electron chi connectivity index (χ4n) is 10.8. The van der Waals surface area contributed by atoms with Crippen molar-refractivity contribution in [1.82, 2.24) is 0 Å². The molecule has 0 spiro atoms. The molecule has 4 heteroatoms. The number of carboxylic acid groups (broad SMARTS) is 1. The van der Waals surface area contributed by atoms with E-state index in [9.17, 15) is 20.1 Å². The zero-order valence-corrected chi connectivity index (χ0v) is 22.6. The molecule has 0 heterocycles. The molecule has 0 saturated heterocycles. The van der Waals surface area contributed by atoms with Crippen LogP contribution in [0, 0.1) is 50.2 Å². The molecule has 0 aromatic carbocycles. The number of hydrogen-bond acceptors (Lipinski definition) is 3. The number of fused-ring (bicyclic) bond motifs is 7. The molecule has 5 rings (SSSR count). The van der Waals surface area contributed by atoms with Crippen molar-refractivity contribution in [2.45, 2.75) is 118 Å². The lowest BCUT2D eigenvalue weighted by molar-refractivity contribution is -0.242. The third-order valence-corrected chi connectivity index (χ3v) is 12.9. The summed E-state index contributed by atoms with van der Waals surface area (Å²) in [5.74, 6) is 0.0121. The molecule has 1 unspecified atom stereocenters. The van der Waals surface area contributed by atoms with Crippen molar-refractivity contribution < 1.29 is 20.1 Å². The minimum Gasteiger partial charge on any atom is -0.481 e. The van der Waals surface area contributed by atoms with Crippen molar-refractivity contribution in [3.63, 3.8) is 0 Å². The van der Waals surface area contributed by atoms with Crippen LogP contribution < -0.4 is 0 Å². The highest BCUT2D eigenvalue weighted by atomic mass is 16.4. The summed E-state index contributed by atoms with van der Waals surface area (Å²) in [5, 5.41) is 33.1. The Morgan fingerprint density at radius 1 is 0.912 bits per heavy atom. The summed E-state index contributed by atoms with van der Waals surface area (Å²) in [6.07, 6.45) is 9.49. The van der Waals surface area contributed by atoms with Crippen LogP contribution in [0.2, 0.25) is 0 Å². The van der Waals surface area contributed by atoms with Crippen molar-refractivity contribution in [1.29, 1.82) is 0 Å². The average Bonchev–Trinajstić information content (AvgIpc) is 2.70. The Morgan fingerprint density at radius 2 is 1.56 bits per heavy atom. The van der Waals surface area contributed by atoms with Crippen LogP contribution in [0.3, 0.4) is 0 Å². The van der Waals surface area contributed by atoms with Gasteiger partial charge < -0.3 is 15.3 Å². The van der Waals surface area contributed by atoms with E-state index in [0.29, 0.717) is 5.92 Å². The molecule has 4 saturated carbocycles. The zero-order chi connectivity index (χ0) is 25.1. The van der Waals surface area contributed by atoms with Gasteiger partial charge in [0.1, 0.15) is 0 Å². The second kappa shape index (κ2) is 7.12. The van der Waals surface area contributed by atoms with Gasteiger partial charge in [-0.3, -0.25) is 4.79 Å². The van der Waals surface area contributed by atoms with Crippen molar-refractivity contribution in [3.05, 3.63) is 11.6 Å². The lowest BCUT2D eigenvalue weighted by Gasteiger charge is -2.72. The summed E-state index contributed by atoms with van der Waals surface area (Å²) in [4.78, 5) is 12.8. The van der Waals surface area contributed by atoms with Crippen molar-refractivity contribution in [2.75, 3.05) is 0 Å². The molecule has 34 heavy (non-hydrogen) atoms. The van der Waals surface area contributed by atoms with Crippen LogP contribution in [0.5, 0.6) is 0 Å². The van der Waals surface area contributed by atoms with E-state index in [1.54, 1.807) is 0 Å². The first-order valence-electron chi connectivity index (χ1n) is 13.9. The zero-order valence-electron chi connectivity index (χ0n) is 22.6. The summed E-state index contributed by atoms with van der Waals surface area (Å²) < 4.78 is 0. The number of carboxylic acids is 1. The minimum absolute atomic E-state index is 0.0344. The Kier molecular flexibility index (Phi) is 5.20. The molecule has 9 atom stereocenters. The van der Waals surface area contributed by atoms with Crippen LogP contribution in [-0.2, 0) is 4.79 Å². The van der Waals surface area contributed by atoms with E-state index in [4.69, 9.17) is 0 Å². The smallest absolute Gasteiger partial charge is 0.310 e. The van der Waals surface area contributed by atoms with Crippen LogP contribution >= 0.6 is 0 Å². The number of rotatable bonds is 1. The van der Waals surface area contributed by atoms with E-state index < -0.39 is 17.5 Å². The van der Waals surface area contributed by atoms with Gasteiger partial charge in [-0.25, -0.2) is 0 Å². The maximum Gasteiger partial charge on any atom is 0.310 e. The molecule has 0 radical (unpaired) electrons. The predicted molar refractivity (Wildman–Crippen MR) is 134 cm³/mol. The van der Waals surface area contributed by atoms with E-state index in [1.807, 2.05) is 0 Å². The SMILES string of the molecule is CC1(C)CC[C@]2(C(=O)O)CC[C@]3(C)C(=CC[C@@H]4[C@@]5(C)CC[C@H](O)C(C)(C)C5[C@H](O)C[C@]43C)[C@H]2C1. The van der Waals surface area contributed by atoms with Gasteiger partial charge >= 0.3 is 5.97 Å². The highest BCUT2D eigenvalue weighted by Gasteiger charge is 2.70.